The molecule has 0 unspecified atom stereocenters. The highest BCUT2D eigenvalue weighted by atomic mass is 32.2. The molecule has 1 aromatic heterocycles. The van der Waals surface area contributed by atoms with E-state index in [9.17, 15) is 9.18 Å². The van der Waals surface area contributed by atoms with E-state index in [0.717, 1.165) is 33.9 Å². The van der Waals surface area contributed by atoms with Crippen molar-refractivity contribution < 1.29 is 18.3 Å². The van der Waals surface area contributed by atoms with Crippen LogP contribution in [0, 0.1) is 5.82 Å². The minimum absolute atomic E-state index is 0.0420. The fourth-order valence-electron chi connectivity index (χ4n) is 3.55. The van der Waals surface area contributed by atoms with Crippen LogP contribution in [0.4, 0.5) is 15.8 Å². The fraction of sp³-hybridized carbons (Fsp3) is 0.0741. The SMILES string of the molecule is O=C(CSc1nnc(COc2ccc(F)cc2)o1)N(c1ccccc1)c1ccc2ccccc2c1. The van der Waals surface area contributed by atoms with Gasteiger partial charge in [0.25, 0.3) is 11.1 Å². The van der Waals surface area contributed by atoms with Gasteiger partial charge in [0.15, 0.2) is 6.61 Å². The van der Waals surface area contributed by atoms with Crippen LogP contribution >= 0.6 is 11.8 Å². The van der Waals surface area contributed by atoms with E-state index in [1.54, 1.807) is 4.90 Å². The summed E-state index contributed by atoms with van der Waals surface area (Å²) >= 11 is 1.16. The third-order valence-corrected chi connectivity index (χ3v) is 6.00. The van der Waals surface area contributed by atoms with Gasteiger partial charge in [0, 0.05) is 11.4 Å². The highest BCUT2D eigenvalue weighted by molar-refractivity contribution is 7.99. The Kier molecular flexibility index (Phi) is 6.72. The highest BCUT2D eigenvalue weighted by Crippen LogP contribution is 2.30. The molecule has 0 aliphatic rings. The summed E-state index contributed by atoms with van der Waals surface area (Å²) in [5.74, 6) is 0.384. The van der Waals surface area contributed by atoms with Crippen molar-refractivity contribution >= 4 is 39.8 Å². The number of aromatic nitrogens is 2. The van der Waals surface area contributed by atoms with E-state index in [0.29, 0.717) is 5.75 Å². The molecule has 0 saturated heterocycles. The van der Waals surface area contributed by atoms with Gasteiger partial charge in [0.05, 0.1) is 5.75 Å². The number of hydrogen-bond acceptors (Lipinski definition) is 6. The van der Waals surface area contributed by atoms with Gasteiger partial charge < -0.3 is 9.15 Å². The van der Waals surface area contributed by atoms with E-state index < -0.39 is 0 Å². The predicted octanol–water partition coefficient (Wildman–Crippen LogP) is 6.40. The van der Waals surface area contributed by atoms with E-state index in [-0.39, 0.29) is 35.2 Å². The number of rotatable bonds is 8. The number of anilines is 2. The van der Waals surface area contributed by atoms with Gasteiger partial charge in [-0.15, -0.1) is 10.2 Å². The molecular formula is C27H20FN3O3S. The number of benzene rings is 4. The largest absolute Gasteiger partial charge is 0.484 e. The van der Waals surface area contributed by atoms with Gasteiger partial charge in [-0.1, -0.05) is 60.3 Å². The van der Waals surface area contributed by atoms with Crippen LogP contribution in [0.1, 0.15) is 5.89 Å². The van der Waals surface area contributed by atoms with Crippen LogP contribution in [0.2, 0.25) is 0 Å². The monoisotopic (exact) mass is 485 g/mol. The molecule has 0 N–H and O–H groups in total. The van der Waals surface area contributed by atoms with Gasteiger partial charge >= 0.3 is 0 Å². The molecule has 0 fully saturated rings. The lowest BCUT2D eigenvalue weighted by atomic mass is 10.1. The van der Waals surface area contributed by atoms with E-state index in [2.05, 4.69) is 10.2 Å². The summed E-state index contributed by atoms with van der Waals surface area (Å²) in [6.45, 7) is 0.0420. The lowest BCUT2D eigenvalue weighted by Gasteiger charge is -2.23. The van der Waals surface area contributed by atoms with Gasteiger partial charge in [-0.05, 0) is 59.3 Å². The third-order valence-electron chi connectivity index (χ3n) is 5.20. The Labute approximate surface area is 205 Å². The van der Waals surface area contributed by atoms with Crippen molar-refractivity contribution in [1.29, 1.82) is 0 Å². The zero-order valence-electron chi connectivity index (χ0n) is 18.5. The molecule has 1 heterocycles. The van der Waals surface area contributed by atoms with E-state index in [1.165, 1.54) is 24.3 Å². The topological polar surface area (TPSA) is 68.5 Å². The van der Waals surface area contributed by atoms with Crippen LogP contribution in [0.15, 0.2) is 107 Å². The van der Waals surface area contributed by atoms with Crippen molar-refractivity contribution in [3.05, 3.63) is 109 Å². The maximum absolute atomic E-state index is 13.4. The zero-order valence-corrected chi connectivity index (χ0v) is 19.3. The Hall–Kier alpha value is -4.17. The summed E-state index contributed by atoms with van der Waals surface area (Å²) in [7, 11) is 0. The van der Waals surface area contributed by atoms with E-state index in [4.69, 9.17) is 9.15 Å². The Morgan fingerprint density at radius 1 is 0.857 bits per heavy atom. The molecule has 174 valence electrons. The number of amides is 1. The summed E-state index contributed by atoms with van der Waals surface area (Å²) in [5, 5.41) is 10.4. The highest BCUT2D eigenvalue weighted by Gasteiger charge is 2.20. The molecule has 35 heavy (non-hydrogen) atoms. The Morgan fingerprint density at radius 3 is 2.40 bits per heavy atom. The van der Waals surface area contributed by atoms with Gasteiger partial charge in [-0.3, -0.25) is 9.69 Å². The molecule has 8 heteroatoms. The zero-order chi connectivity index (χ0) is 24.0. The molecule has 5 aromatic rings. The number of para-hydroxylation sites is 1. The maximum Gasteiger partial charge on any atom is 0.277 e. The van der Waals surface area contributed by atoms with Crippen molar-refractivity contribution in [1.82, 2.24) is 10.2 Å². The van der Waals surface area contributed by atoms with Gasteiger partial charge in [-0.25, -0.2) is 4.39 Å². The number of carbonyl (C=O) groups excluding carboxylic acids is 1. The van der Waals surface area contributed by atoms with Crippen molar-refractivity contribution in [2.24, 2.45) is 0 Å². The summed E-state index contributed by atoms with van der Waals surface area (Å²) in [4.78, 5) is 15.0. The summed E-state index contributed by atoms with van der Waals surface area (Å²) in [6, 6.07) is 29.1. The van der Waals surface area contributed by atoms with E-state index >= 15 is 0 Å². The second kappa shape index (κ2) is 10.4. The molecular weight excluding hydrogens is 465 g/mol. The number of hydrogen-bond donors (Lipinski definition) is 0. The van der Waals surface area contributed by atoms with Crippen LogP contribution in [0.5, 0.6) is 5.75 Å². The number of ether oxygens (including phenoxy) is 1. The first-order chi connectivity index (χ1) is 17.2. The Bertz CT molecular complexity index is 1440. The van der Waals surface area contributed by atoms with Gasteiger partial charge in [0.2, 0.25) is 5.91 Å². The molecule has 1 amide bonds. The van der Waals surface area contributed by atoms with Crippen molar-refractivity contribution in [3.8, 4) is 5.75 Å². The average Bonchev–Trinajstić information content (AvgIpc) is 3.36. The van der Waals surface area contributed by atoms with Crippen molar-refractivity contribution in [2.45, 2.75) is 11.8 Å². The first kappa shape index (κ1) is 22.6. The van der Waals surface area contributed by atoms with Crippen LogP contribution in [0.3, 0.4) is 0 Å². The second-order valence-corrected chi connectivity index (χ2v) is 8.52. The number of carbonyl (C=O) groups is 1. The van der Waals surface area contributed by atoms with E-state index in [1.807, 2.05) is 72.8 Å². The molecule has 6 nitrogen and oxygen atoms in total. The normalized spacial score (nSPS) is 10.9. The number of nitrogens with zero attached hydrogens (tertiary/aromatic N) is 3. The molecule has 5 rings (SSSR count). The smallest absolute Gasteiger partial charge is 0.277 e. The second-order valence-electron chi connectivity index (χ2n) is 7.59. The molecule has 0 saturated carbocycles. The average molecular weight is 486 g/mol. The van der Waals surface area contributed by atoms with Crippen LogP contribution in [-0.4, -0.2) is 21.9 Å². The Balaban J connectivity index is 1.28. The minimum Gasteiger partial charge on any atom is -0.484 e. The quantitative estimate of drug-likeness (QED) is 0.237. The molecule has 0 bridgehead atoms. The third kappa shape index (κ3) is 5.50. The molecule has 0 atom stereocenters. The van der Waals surface area contributed by atoms with Crippen molar-refractivity contribution in [2.75, 3.05) is 10.7 Å². The molecule has 0 spiro atoms. The molecule has 0 aliphatic carbocycles. The Morgan fingerprint density at radius 2 is 1.60 bits per heavy atom. The summed E-state index contributed by atoms with van der Waals surface area (Å²) in [6.07, 6.45) is 0. The standard InChI is InChI=1S/C27H20FN3O3S/c28-21-11-14-24(15-12-21)33-17-25-29-30-27(34-25)35-18-26(32)31(22-8-2-1-3-9-22)23-13-10-19-6-4-5-7-20(19)16-23/h1-16H,17-18H2. The first-order valence-corrected chi connectivity index (χ1v) is 11.8. The van der Waals surface area contributed by atoms with Gasteiger partial charge in [-0.2, -0.15) is 0 Å². The number of thioether (sulfide) groups is 1. The summed E-state index contributed by atoms with van der Waals surface area (Å²) < 4.78 is 24.1. The molecule has 4 aromatic carbocycles. The molecule has 0 radical (unpaired) electrons. The molecule has 0 aliphatic heterocycles. The van der Waals surface area contributed by atoms with Crippen LogP contribution in [0.25, 0.3) is 10.8 Å². The predicted molar refractivity (Wildman–Crippen MR) is 133 cm³/mol. The number of halogens is 1. The lowest BCUT2D eigenvalue weighted by Crippen LogP contribution is -2.27. The lowest BCUT2D eigenvalue weighted by molar-refractivity contribution is -0.115. The fourth-order valence-corrected chi connectivity index (χ4v) is 4.18. The van der Waals surface area contributed by atoms with Crippen LogP contribution in [-0.2, 0) is 11.4 Å². The van der Waals surface area contributed by atoms with Gasteiger partial charge in [0.1, 0.15) is 11.6 Å². The van der Waals surface area contributed by atoms with Crippen LogP contribution < -0.4 is 9.64 Å². The maximum atomic E-state index is 13.4. The first-order valence-electron chi connectivity index (χ1n) is 10.9. The summed E-state index contributed by atoms with van der Waals surface area (Å²) in [5.41, 5.74) is 1.55. The number of fused-ring (bicyclic) bond motifs is 1. The minimum atomic E-state index is -0.341. The van der Waals surface area contributed by atoms with Crippen molar-refractivity contribution in [3.63, 3.8) is 0 Å².